The van der Waals surface area contributed by atoms with Crippen molar-refractivity contribution in [1.82, 2.24) is 0 Å². The van der Waals surface area contributed by atoms with Gasteiger partial charge in [-0.05, 0) is 20.3 Å². The Bertz CT molecular complexity index is 290. The Balaban J connectivity index is 4.51. The third-order valence-corrected chi connectivity index (χ3v) is 2.40. The summed E-state index contributed by atoms with van der Waals surface area (Å²) >= 11 is 0. The molecule has 0 aromatic heterocycles. The van der Waals surface area contributed by atoms with Crippen molar-refractivity contribution in [2.75, 3.05) is 13.2 Å². The van der Waals surface area contributed by atoms with E-state index in [9.17, 15) is 9.36 Å². The van der Waals surface area contributed by atoms with Crippen LogP contribution in [0.5, 0.6) is 0 Å². The zero-order valence-corrected chi connectivity index (χ0v) is 11.0. The molecule has 0 bridgehead atoms. The lowest BCUT2D eigenvalue weighted by Crippen LogP contribution is -2.09. The van der Waals surface area contributed by atoms with Crippen molar-refractivity contribution in [3.63, 3.8) is 0 Å². The number of carbonyl (C=O) groups is 1. The first-order valence-corrected chi connectivity index (χ1v) is 6.59. The van der Waals surface area contributed by atoms with E-state index in [1.165, 1.54) is 0 Å². The van der Waals surface area contributed by atoms with Gasteiger partial charge in [-0.25, -0.2) is 19.1 Å². The Morgan fingerprint density at radius 3 is 1.94 bits per heavy atom. The van der Waals surface area contributed by atoms with Crippen LogP contribution in [0.25, 0.3) is 0 Å². The second-order valence-electron chi connectivity index (χ2n) is 2.75. The average Bonchev–Trinajstić information content (AvgIpc) is 2.33. The van der Waals surface area contributed by atoms with Crippen molar-refractivity contribution in [2.24, 2.45) is 0 Å². The van der Waals surface area contributed by atoms with Crippen molar-refractivity contribution in [1.29, 1.82) is 0 Å². The fraction of sp³-hybridized carbons (Fsp3) is 0.667. The summed E-state index contributed by atoms with van der Waals surface area (Å²) in [6.45, 7) is 8.52. The number of hydrogen-bond acceptors (Lipinski definition) is 7. The van der Waals surface area contributed by atoms with Gasteiger partial charge < -0.3 is 4.52 Å². The van der Waals surface area contributed by atoms with E-state index in [0.29, 0.717) is 6.42 Å². The molecule has 0 aliphatic carbocycles. The molecule has 0 spiro atoms. The van der Waals surface area contributed by atoms with Crippen LogP contribution >= 0.6 is 7.82 Å². The minimum Gasteiger partial charge on any atom is -0.364 e. The molecule has 8 heteroatoms. The number of carbonyl (C=O) groups excluding carboxylic acids is 1. The van der Waals surface area contributed by atoms with Crippen LogP contribution in [0.15, 0.2) is 12.2 Å². The lowest BCUT2D eigenvalue weighted by Gasteiger charge is -2.14. The van der Waals surface area contributed by atoms with E-state index in [1.807, 2.05) is 0 Å². The summed E-state index contributed by atoms with van der Waals surface area (Å²) in [4.78, 5) is 20.2. The number of hydrogen-bond donors (Lipinski definition) is 0. The Labute approximate surface area is 100 Å². The van der Waals surface area contributed by atoms with Crippen molar-refractivity contribution in [3.8, 4) is 0 Å². The minimum absolute atomic E-state index is 0.103. The van der Waals surface area contributed by atoms with E-state index in [2.05, 4.69) is 30.2 Å². The monoisotopic (exact) mass is 268 g/mol. The molecule has 0 atom stereocenters. The van der Waals surface area contributed by atoms with Crippen molar-refractivity contribution in [2.45, 2.75) is 27.2 Å². The van der Waals surface area contributed by atoms with Gasteiger partial charge in [-0.1, -0.05) is 13.5 Å². The average molecular weight is 268 g/mol. The Morgan fingerprint density at radius 2 is 1.59 bits per heavy atom. The molecule has 0 amide bonds. The molecule has 0 aromatic carbocycles. The van der Waals surface area contributed by atoms with Crippen LogP contribution in [0.3, 0.4) is 0 Å². The fourth-order valence-electron chi connectivity index (χ4n) is 0.588. The quantitative estimate of drug-likeness (QED) is 0.275. The molecule has 0 saturated heterocycles. The van der Waals surface area contributed by atoms with Crippen LogP contribution in [-0.4, -0.2) is 19.2 Å². The fourth-order valence-corrected chi connectivity index (χ4v) is 1.47. The van der Waals surface area contributed by atoms with E-state index in [-0.39, 0.29) is 18.8 Å². The molecular formula is C9H17O7P. The molecule has 0 unspecified atom stereocenters. The molecule has 17 heavy (non-hydrogen) atoms. The van der Waals surface area contributed by atoms with E-state index in [4.69, 9.17) is 0 Å². The summed E-state index contributed by atoms with van der Waals surface area (Å²) in [7, 11) is -4.23. The molecule has 0 rings (SSSR count). The van der Waals surface area contributed by atoms with Crippen molar-refractivity contribution >= 4 is 13.8 Å². The molecule has 0 fully saturated rings. The predicted octanol–water partition coefficient (Wildman–Crippen LogP) is 2.54. The minimum atomic E-state index is -4.23. The molecule has 0 aliphatic heterocycles. The van der Waals surface area contributed by atoms with Gasteiger partial charge in [-0.15, -0.1) is 9.35 Å². The van der Waals surface area contributed by atoms with E-state index in [1.54, 1.807) is 20.8 Å². The van der Waals surface area contributed by atoms with Gasteiger partial charge in [0.25, 0.3) is 0 Å². The topological polar surface area (TPSA) is 80.3 Å². The summed E-state index contributed by atoms with van der Waals surface area (Å²) in [5, 5.41) is 0. The molecule has 0 aromatic rings. The maximum atomic E-state index is 11.8. The molecule has 0 N–H and O–H groups in total. The summed E-state index contributed by atoms with van der Waals surface area (Å²) in [5.74, 6) is -0.893. The summed E-state index contributed by atoms with van der Waals surface area (Å²) in [6.07, 6.45) is 0.349. The van der Waals surface area contributed by atoms with Crippen LogP contribution in [0.1, 0.15) is 27.2 Å². The molecule has 0 heterocycles. The van der Waals surface area contributed by atoms with E-state index < -0.39 is 13.8 Å². The lowest BCUT2D eigenvalue weighted by molar-refractivity contribution is -0.276. The van der Waals surface area contributed by atoms with Gasteiger partial charge in [0.2, 0.25) is 0 Å². The maximum Gasteiger partial charge on any atom is 0.588 e. The number of phosphoric acid groups is 1. The van der Waals surface area contributed by atoms with Crippen molar-refractivity contribution in [3.05, 3.63) is 12.2 Å². The van der Waals surface area contributed by atoms with Crippen LogP contribution < -0.4 is 0 Å². The highest BCUT2D eigenvalue weighted by molar-refractivity contribution is 7.48. The highest BCUT2D eigenvalue weighted by Gasteiger charge is 2.35. The van der Waals surface area contributed by atoms with Crippen molar-refractivity contribution < 1.29 is 33.0 Å². The highest BCUT2D eigenvalue weighted by atomic mass is 31.2. The normalized spacial score (nSPS) is 11.2. The van der Waals surface area contributed by atoms with Crippen LogP contribution in [0, 0.1) is 0 Å². The Hall–Kier alpha value is -0.720. The smallest absolute Gasteiger partial charge is 0.364 e. The third kappa shape index (κ3) is 6.55. The Morgan fingerprint density at radius 1 is 1.12 bits per heavy atom. The highest BCUT2D eigenvalue weighted by Crippen LogP contribution is 2.50. The molecule has 7 nitrogen and oxygen atoms in total. The van der Waals surface area contributed by atoms with Crippen LogP contribution in [-0.2, 0) is 33.0 Å². The standard InChI is InChI=1S/C9H17O7P/c1-5-8(4)9(10)14-17(11,15-12-6-2)16-13-7-3/h4-7H2,1-3H3. The first kappa shape index (κ1) is 16.3. The maximum absolute atomic E-state index is 11.8. The SMILES string of the molecule is C=C(CC)C(=O)OP(=O)(OOCC)OOCC. The third-order valence-electron chi connectivity index (χ3n) is 1.43. The summed E-state index contributed by atoms with van der Waals surface area (Å²) in [5.41, 5.74) is 0.130. The molecule has 100 valence electrons. The molecule has 0 radical (unpaired) electrons. The van der Waals surface area contributed by atoms with Gasteiger partial charge in [0, 0.05) is 5.57 Å². The summed E-state index contributed by atoms with van der Waals surface area (Å²) in [6, 6.07) is 0. The first-order valence-electron chi connectivity index (χ1n) is 5.13. The largest absolute Gasteiger partial charge is 0.588 e. The van der Waals surface area contributed by atoms with Gasteiger partial charge in [0.15, 0.2) is 0 Å². The predicted molar refractivity (Wildman–Crippen MR) is 58.6 cm³/mol. The van der Waals surface area contributed by atoms with Gasteiger partial charge in [-0.2, -0.15) is 0 Å². The van der Waals surface area contributed by atoms with Gasteiger partial charge >= 0.3 is 13.8 Å². The lowest BCUT2D eigenvalue weighted by atomic mass is 10.2. The zero-order valence-electron chi connectivity index (χ0n) is 10.1. The molecular weight excluding hydrogens is 251 g/mol. The van der Waals surface area contributed by atoms with E-state index in [0.717, 1.165) is 0 Å². The number of rotatable bonds is 9. The zero-order chi connectivity index (χ0) is 13.3. The van der Waals surface area contributed by atoms with Gasteiger partial charge in [0.05, 0.1) is 13.2 Å². The summed E-state index contributed by atoms with van der Waals surface area (Å²) < 4.78 is 25.0. The first-order chi connectivity index (χ1) is 7.99. The van der Waals surface area contributed by atoms with Gasteiger partial charge in [-0.3, -0.25) is 0 Å². The molecule has 0 aliphatic rings. The van der Waals surface area contributed by atoms with Crippen LogP contribution in [0.2, 0.25) is 0 Å². The van der Waals surface area contributed by atoms with Gasteiger partial charge in [0.1, 0.15) is 0 Å². The second kappa shape index (κ2) is 8.38. The molecule has 0 saturated carbocycles. The second-order valence-corrected chi connectivity index (χ2v) is 4.12. The van der Waals surface area contributed by atoms with E-state index >= 15 is 0 Å². The van der Waals surface area contributed by atoms with Crippen LogP contribution in [0.4, 0.5) is 0 Å². The Kier molecular flexibility index (Phi) is 8.03.